The Balaban J connectivity index is 2.40. The zero-order valence-corrected chi connectivity index (χ0v) is 9.02. The second-order valence-electron chi connectivity index (χ2n) is 3.76. The molecule has 3 aromatic rings. The van der Waals surface area contributed by atoms with Crippen LogP contribution in [0.2, 0.25) is 0 Å². The molecule has 0 spiro atoms. The summed E-state index contributed by atoms with van der Waals surface area (Å²) in [5.41, 5.74) is -0.734. The average molecular weight is 243 g/mol. The molecular formula is C12H7N2O4-. The van der Waals surface area contributed by atoms with Gasteiger partial charge in [-0.05, 0) is 11.9 Å². The highest BCUT2D eigenvalue weighted by molar-refractivity contribution is 5.94. The molecule has 0 amide bonds. The quantitative estimate of drug-likeness (QED) is 0.651. The van der Waals surface area contributed by atoms with Crippen molar-refractivity contribution < 1.29 is 9.52 Å². The zero-order valence-electron chi connectivity index (χ0n) is 9.02. The lowest BCUT2D eigenvalue weighted by atomic mass is 10.1. The standard InChI is InChI=1S/C12H8N2O4/c15-10-9(11(16)14-12(17)13-10)7-5-18-8-4-2-1-3-6(7)8/h1-5H,(H3,13,14,15,16,17)/p-1. The first-order valence-electron chi connectivity index (χ1n) is 5.17. The summed E-state index contributed by atoms with van der Waals surface area (Å²) in [5, 5.41) is 12.3. The van der Waals surface area contributed by atoms with Crippen LogP contribution in [0.4, 0.5) is 0 Å². The summed E-state index contributed by atoms with van der Waals surface area (Å²) in [6, 6.07) is 7.01. The SMILES string of the molecule is O=c1[nH]c([O-])c(-c2coc3ccccc23)c(=O)[nH]1. The molecule has 0 aliphatic carbocycles. The van der Waals surface area contributed by atoms with Crippen molar-refractivity contribution in [3.05, 3.63) is 51.4 Å². The third kappa shape index (κ3) is 1.43. The van der Waals surface area contributed by atoms with E-state index >= 15 is 0 Å². The molecule has 0 atom stereocenters. The number of nitrogens with one attached hydrogen (secondary N) is 2. The molecular weight excluding hydrogens is 236 g/mol. The largest absolute Gasteiger partial charge is 0.860 e. The van der Waals surface area contributed by atoms with E-state index in [2.05, 4.69) is 0 Å². The molecule has 6 nitrogen and oxygen atoms in total. The van der Waals surface area contributed by atoms with Gasteiger partial charge in [0.2, 0.25) is 0 Å². The molecule has 3 rings (SSSR count). The van der Waals surface area contributed by atoms with Crippen LogP contribution < -0.4 is 16.4 Å². The Labute approximate surface area is 99.5 Å². The lowest BCUT2D eigenvalue weighted by Crippen LogP contribution is -2.25. The predicted molar refractivity (Wildman–Crippen MR) is 62.3 cm³/mol. The van der Waals surface area contributed by atoms with E-state index in [0.717, 1.165) is 0 Å². The summed E-state index contributed by atoms with van der Waals surface area (Å²) in [5.74, 6) is -0.727. The zero-order chi connectivity index (χ0) is 12.7. The smallest absolute Gasteiger partial charge is 0.325 e. The van der Waals surface area contributed by atoms with Crippen molar-refractivity contribution in [3.63, 3.8) is 0 Å². The van der Waals surface area contributed by atoms with Gasteiger partial charge >= 0.3 is 5.69 Å². The van der Waals surface area contributed by atoms with Crippen LogP contribution in [0.3, 0.4) is 0 Å². The number of para-hydroxylation sites is 1. The molecule has 0 saturated heterocycles. The molecule has 18 heavy (non-hydrogen) atoms. The fourth-order valence-corrected chi connectivity index (χ4v) is 1.88. The maximum atomic E-state index is 11.7. The van der Waals surface area contributed by atoms with Gasteiger partial charge in [0.1, 0.15) is 5.58 Å². The number of hydrogen-bond donors (Lipinski definition) is 2. The topological polar surface area (TPSA) is 102 Å². The van der Waals surface area contributed by atoms with Crippen LogP contribution in [0.5, 0.6) is 5.88 Å². The van der Waals surface area contributed by atoms with E-state index in [0.29, 0.717) is 16.5 Å². The first-order valence-corrected chi connectivity index (χ1v) is 5.17. The molecule has 2 aromatic heterocycles. The van der Waals surface area contributed by atoms with Crippen LogP contribution >= 0.6 is 0 Å². The fourth-order valence-electron chi connectivity index (χ4n) is 1.88. The molecule has 0 unspecified atom stereocenters. The van der Waals surface area contributed by atoms with Crippen LogP contribution in [0, 0.1) is 0 Å². The highest BCUT2D eigenvalue weighted by Gasteiger charge is 2.12. The Kier molecular flexibility index (Phi) is 2.09. The van der Waals surface area contributed by atoms with Gasteiger partial charge in [-0.2, -0.15) is 0 Å². The minimum absolute atomic E-state index is 0.125. The highest BCUT2D eigenvalue weighted by Crippen LogP contribution is 2.30. The van der Waals surface area contributed by atoms with E-state index in [4.69, 9.17) is 4.42 Å². The van der Waals surface area contributed by atoms with Gasteiger partial charge in [-0.25, -0.2) is 4.79 Å². The molecule has 2 N–H and O–H groups in total. The number of aromatic nitrogens is 2. The maximum Gasteiger partial charge on any atom is 0.325 e. The molecule has 0 saturated carbocycles. The maximum absolute atomic E-state index is 11.7. The number of furan rings is 1. The van der Waals surface area contributed by atoms with Crippen molar-refractivity contribution in [1.29, 1.82) is 0 Å². The summed E-state index contributed by atoms with van der Waals surface area (Å²) in [6.45, 7) is 0. The first-order chi connectivity index (χ1) is 8.66. The number of aromatic amines is 2. The number of hydrogen-bond acceptors (Lipinski definition) is 4. The van der Waals surface area contributed by atoms with Gasteiger partial charge in [-0.15, -0.1) is 0 Å². The molecule has 6 heteroatoms. The Morgan fingerprint density at radius 3 is 2.67 bits per heavy atom. The molecule has 0 aliphatic heterocycles. The predicted octanol–water partition coefficient (Wildman–Crippen LogP) is 0.550. The Morgan fingerprint density at radius 1 is 1.11 bits per heavy atom. The van der Waals surface area contributed by atoms with Crippen molar-refractivity contribution in [2.45, 2.75) is 0 Å². The van der Waals surface area contributed by atoms with Gasteiger partial charge in [0.25, 0.3) is 5.56 Å². The van der Waals surface area contributed by atoms with E-state index in [9.17, 15) is 14.7 Å². The second kappa shape index (κ2) is 3.63. The second-order valence-corrected chi connectivity index (χ2v) is 3.76. The summed E-state index contributed by atoms with van der Waals surface area (Å²) in [7, 11) is 0. The Hall–Kier alpha value is -2.76. The van der Waals surface area contributed by atoms with Gasteiger partial charge < -0.3 is 14.5 Å². The van der Waals surface area contributed by atoms with Gasteiger partial charge in [0, 0.05) is 10.9 Å². The lowest BCUT2D eigenvalue weighted by Gasteiger charge is -2.09. The Morgan fingerprint density at radius 2 is 1.89 bits per heavy atom. The van der Waals surface area contributed by atoms with Crippen molar-refractivity contribution in [1.82, 2.24) is 9.97 Å². The molecule has 90 valence electrons. The van der Waals surface area contributed by atoms with E-state index in [-0.39, 0.29) is 5.56 Å². The summed E-state index contributed by atoms with van der Waals surface area (Å²) in [6.07, 6.45) is 1.33. The molecule has 0 aliphatic rings. The third-order valence-electron chi connectivity index (χ3n) is 2.66. The van der Waals surface area contributed by atoms with E-state index in [1.165, 1.54) is 6.26 Å². The monoisotopic (exact) mass is 243 g/mol. The van der Waals surface area contributed by atoms with Gasteiger partial charge in [0.15, 0.2) is 0 Å². The van der Waals surface area contributed by atoms with Gasteiger partial charge in [0.05, 0.1) is 11.8 Å². The molecule has 0 radical (unpaired) electrons. The number of benzene rings is 1. The van der Waals surface area contributed by atoms with Crippen molar-refractivity contribution in [2.75, 3.05) is 0 Å². The lowest BCUT2D eigenvalue weighted by molar-refractivity contribution is -0.274. The minimum atomic E-state index is -0.818. The number of H-pyrrole nitrogens is 2. The summed E-state index contributed by atoms with van der Waals surface area (Å²) >= 11 is 0. The third-order valence-corrected chi connectivity index (χ3v) is 2.66. The van der Waals surface area contributed by atoms with Crippen LogP contribution in [-0.2, 0) is 0 Å². The summed E-state index contributed by atoms with van der Waals surface area (Å²) < 4.78 is 5.26. The number of fused-ring (bicyclic) bond motifs is 1. The Bertz CT molecular complexity index is 841. The van der Waals surface area contributed by atoms with E-state index < -0.39 is 17.1 Å². The van der Waals surface area contributed by atoms with E-state index in [1.807, 2.05) is 9.97 Å². The number of rotatable bonds is 1. The molecule has 0 fully saturated rings. The van der Waals surface area contributed by atoms with Crippen LogP contribution in [-0.4, -0.2) is 9.97 Å². The van der Waals surface area contributed by atoms with Crippen LogP contribution in [0.15, 0.2) is 44.5 Å². The van der Waals surface area contributed by atoms with E-state index in [1.54, 1.807) is 24.3 Å². The van der Waals surface area contributed by atoms with Gasteiger partial charge in [-0.3, -0.25) is 9.78 Å². The minimum Gasteiger partial charge on any atom is -0.860 e. The van der Waals surface area contributed by atoms with Crippen molar-refractivity contribution in [2.24, 2.45) is 0 Å². The normalized spacial score (nSPS) is 10.9. The molecule has 2 heterocycles. The van der Waals surface area contributed by atoms with Gasteiger partial charge in [-0.1, -0.05) is 18.2 Å². The fraction of sp³-hybridized carbons (Fsp3) is 0. The first kappa shape index (κ1) is 10.4. The van der Waals surface area contributed by atoms with Crippen molar-refractivity contribution in [3.8, 4) is 17.0 Å². The molecule has 1 aromatic carbocycles. The van der Waals surface area contributed by atoms with Crippen molar-refractivity contribution >= 4 is 11.0 Å². The highest BCUT2D eigenvalue weighted by atomic mass is 16.3. The average Bonchev–Trinajstić information content (AvgIpc) is 2.72. The van der Waals surface area contributed by atoms with Crippen LogP contribution in [0.1, 0.15) is 0 Å². The molecule has 0 bridgehead atoms. The van der Waals surface area contributed by atoms with Crippen LogP contribution in [0.25, 0.3) is 22.1 Å². The summed E-state index contributed by atoms with van der Waals surface area (Å²) in [4.78, 5) is 26.7.